The van der Waals surface area contributed by atoms with Gasteiger partial charge < -0.3 is 10.6 Å². The Morgan fingerprint density at radius 3 is 2.25 bits per heavy atom. The van der Waals surface area contributed by atoms with E-state index in [1.807, 2.05) is 7.05 Å². The number of amides is 1. The molecule has 0 aliphatic heterocycles. The lowest BCUT2D eigenvalue weighted by Gasteiger charge is -2.42. The molecule has 16 heavy (non-hydrogen) atoms. The molecule has 0 bridgehead atoms. The Kier molecular flexibility index (Phi) is 5.26. The second-order valence-electron chi connectivity index (χ2n) is 5.12. The van der Waals surface area contributed by atoms with Gasteiger partial charge in [-0.2, -0.15) is 0 Å². The molecular weight excluding hydrogens is 200 g/mol. The van der Waals surface area contributed by atoms with Gasteiger partial charge in [0.15, 0.2) is 0 Å². The summed E-state index contributed by atoms with van der Waals surface area (Å²) in [4.78, 5) is 11.9. The van der Waals surface area contributed by atoms with Crippen molar-refractivity contribution in [3.63, 3.8) is 0 Å². The van der Waals surface area contributed by atoms with E-state index in [0.29, 0.717) is 5.41 Å². The maximum Gasteiger partial charge on any atom is 0.223 e. The zero-order chi connectivity index (χ0) is 12.0. The third kappa shape index (κ3) is 3.21. The molecular formula is C13H26N2O. The van der Waals surface area contributed by atoms with E-state index in [9.17, 15) is 4.79 Å². The summed E-state index contributed by atoms with van der Waals surface area (Å²) in [6, 6.07) is 0. The normalized spacial score (nSPS) is 18.2. The number of hydrogen-bond donors (Lipinski definition) is 2. The van der Waals surface area contributed by atoms with Crippen molar-refractivity contribution in [2.45, 2.75) is 46.0 Å². The van der Waals surface area contributed by atoms with Crippen LogP contribution in [0.4, 0.5) is 0 Å². The van der Waals surface area contributed by atoms with Crippen LogP contribution in [0.3, 0.4) is 0 Å². The van der Waals surface area contributed by atoms with Crippen LogP contribution in [0.15, 0.2) is 0 Å². The Morgan fingerprint density at radius 2 is 1.88 bits per heavy atom. The predicted octanol–water partition coefficient (Wildman–Crippen LogP) is 1.93. The van der Waals surface area contributed by atoms with Crippen molar-refractivity contribution in [3.05, 3.63) is 0 Å². The Hall–Kier alpha value is -0.570. The Morgan fingerprint density at radius 1 is 1.25 bits per heavy atom. The van der Waals surface area contributed by atoms with Crippen LogP contribution in [0.2, 0.25) is 0 Å². The van der Waals surface area contributed by atoms with Crippen LogP contribution < -0.4 is 10.6 Å². The van der Waals surface area contributed by atoms with Gasteiger partial charge in [-0.1, -0.05) is 20.3 Å². The van der Waals surface area contributed by atoms with Crippen molar-refractivity contribution < 1.29 is 4.79 Å². The molecule has 1 fully saturated rings. The van der Waals surface area contributed by atoms with Gasteiger partial charge >= 0.3 is 0 Å². The van der Waals surface area contributed by atoms with E-state index in [1.54, 1.807) is 0 Å². The second-order valence-corrected chi connectivity index (χ2v) is 5.12. The molecule has 0 radical (unpaired) electrons. The van der Waals surface area contributed by atoms with Crippen LogP contribution in [0.1, 0.15) is 46.0 Å². The van der Waals surface area contributed by atoms with Crippen LogP contribution in [0, 0.1) is 11.3 Å². The molecule has 0 spiro atoms. The molecule has 1 saturated carbocycles. The van der Waals surface area contributed by atoms with E-state index < -0.39 is 0 Å². The highest BCUT2D eigenvalue weighted by atomic mass is 16.1. The molecule has 1 rings (SSSR count). The third-order valence-corrected chi connectivity index (χ3v) is 3.96. The number of rotatable bonds is 7. The van der Waals surface area contributed by atoms with Crippen molar-refractivity contribution >= 4 is 5.91 Å². The zero-order valence-electron chi connectivity index (χ0n) is 10.9. The smallest absolute Gasteiger partial charge is 0.223 e. The molecule has 2 N–H and O–H groups in total. The summed E-state index contributed by atoms with van der Waals surface area (Å²) in [5.74, 6) is 0.444. The first-order valence-corrected chi connectivity index (χ1v) is 6.59. The van der Waals surface area contributed by atoms with E-state index in [1.165, 1.54) is 19.3 Å². The van der Waals surface area contributed by atoms with Crippen LogP contribution in [-0.4, -0.2) is 26.0 Å². The van der Waals surface area contributed by atoms with Crippen LogP contribution in [0.5, 0.6) is 0 Å². The quantitative estimate of drug-likeness (QED) is 0.696. The average molecular weight is 226 g/mol. The molecule has 0 aromatic rings. The fraction of sp³-hybridized carbons (Fsp3) is 0.923. The maximum atomic E-state index is 11.9. The van der Waals surface area contributed by atoms with Gasteiger partial charge in [-0.25, -0.2) is 0 Å². The molecule has 3 nitrogen and oxygen atoms in total. The van der Waals surface area contributed by atoms with Crippen molar-refractivity contribution in [1.29, 1.82) is 0 Å². The van der Waals surface area contributed by atoms with Crippen LogP contribution in [-0.2, 0) is 4.79 Å². The fourth-order valence-corrected chi connectivity index (χ4v) is 2.55. The van der Waals surface area contributed by atoms with Crippen molar-refractivity contribution in [2.75, 3.05) is 20.1 Å². The number of nitrogens with one attached hydrogen (secondary N) is 2. The van der Waals surface area contributed by atoms with Crippen molar-refractivity contribution in [2.24, 2.45) is 11.3 Å². The topological polar surface area (TPSA) is 41.1 Å². The Balaban J connectivity index is 2.34. The molecule has 0 unspecified atom stereocenters. The lowest BCUT2D eigenvalue weighted by atomic mass is 9.68. The Labute approximate surface area is 99.4 Å². The zero-order valence-corrected chi connectivity index (χ0v) is 10.9. The molecule has 0 atom stereocenters. The summed E-state index contributed by atoms with van der Waals surface area (Å²) in [6.45, 7) is 6.04. The van der Waals surface area contributed by atoms with Crippen molar-refractivity contribution in [1.82, 2.24) is 10.6 Å². The summed E-state index contributed by atoms with van der Waals surface area (Å²) in [5.41, 5.74) is 0.344. The first kappa shape index (κ1) is 13.5. The van der Waals surface area contributed by atoms with Gasteiger partial charge in [0.2, 0.25) is 5.91 Å². The summed E-state index contributed by atoms with van der Waals surface area (Å²) < 4.78 is 0. The average Bonchev–Trinajstić information content (AvgIpc) is 2.23. The first-order valence-electron chi connectivity index (χ1n) is 6.59. The van der Waals surface area contributed by atoms with Crippen LogP contribution >= 0.6 is 0 Å². The highest BCUT2D eigenvalue weighted by Crippen LogP contribution is 2.39. The minimum atomic E-state index is 0.201. The summed E-state index contributed by atoms with van der Waals surface area (Å²) in [5, 5.41) is 6.37. The minimum absolute atomic E-state index is 0.201. The molecule has 1 aliphatic carbocycles. The molecule has 94 valence electrons. The lowest BCUT2D eigenvalue weighted by Crippen LogP contribution is -2.48. The molecule has 0 aromatic carbocycles. The summed E-state index contributed by atoms with van der Waals surface area (Å²) in [6.07, 6.45) is 5.69. The van der Waals surface area contributed by atoms with Gasteiger partial charge in [-0.3, -0.25) is 4.79 Å². The monoisotopic (exact) mass is 226 g/mol. The van der Waals surface area contributed by atoms with E-state index in [2.05, 4.69) is 24.5 Å². The van der Waals surface area contributed by atoms with Gasteiger partial charge in [-0.15, -0.1) is 0 Å². The highest BCUT2D eigenvalue weighted by molar-refractivity contribution is 5.78. The standard InChI is InChI=1S/C13H26N2O/c1-4-11(5-2)12(16)15-10-13(9-14-3)7-6-8-13/h11,14H,4-10H2,1-3H3,(H,15,16). The molecule has 0 saturated heterocycles. The molecule has 0 heterocycles. The van der Waals surface area contributed by atoms with E-state index in [0.717, 1.165) is 25.9 Å². The number of carbonyl (C=O) groups is 1. The Bertz CT molecular complexity index is 220. The molecule has 3 heteroatoms. The first-order chi connectivity index (χ1) is 7.67. The molecule has 1 amide bonds. The van der Waals surface area contributed by atoms with E-state index >= 15 is 0 Å². The largest absolute Gasteiger partial charge is 0.355 e. The van der Waals surface area contributed by atoms with Gasteiger partial charge in [0.05, 0.1) is 0 Å². The third-order valence-electron chi connectivity index (χ3n) is 3.96. The van der Waals surface area contributed by atoms with Gasteiger partial charge in [-0.05, 0) is 32.7 Å². The van der Waals surface area contributed by atoms with Gasteiger partial charge in [0.1, 0.15) is 0 Å². The van der Waals surface area contributed by atoms with E-state index in [4.69, 9.17) is 0 Å². The summed E-state index contributed by atoms with van der Waals surface area (Å²) in [7, 11) is 1.99. The van der Waals surface area contributed by atoms with Gasteiger partial charge in [0, 0.05) is 24.4 Å². The minimum Gasteiger partial charge on any atom is -0.355 e. The van der Waals surface area contributed by atoms with Gasteiger partial charge in [0.25, 0.3) is 0 Å². The van der Waals surface area contributed by atoms with E-state index in [-0.39, 0.29) is 11.8 Å². The predicted molar refractivity (Wildman–Crippen MR) is 67.3 cm³/mol. The molecule has 1 aliphatic rings. The summed E-state index contributed by atoms with van der Waals surface area (Å²) >= 11 is 0. The fourth-order valence-electron chi connectivity index (χ4n) is 2.55. The lowest BCUT2D eigenvalue weighted by molar-refractivity contribution is -0.126. The second kappa shape index (κ2) is 6.24. The van der Waals surface area contributed by atoms with Crippen molar-refractivity contribution in [3.8, 4) is 0 Å². The highest BCUT2D eigenvalue weighted by Gasteiger charge is 2.36. The SMILES string of the molecule is CCC(CC)C(=O)NCC1(CNC)CCC1. The maximum absolute atomic E-state index is 11.9. The molecule has 0 aromatic heterocycles. The number of carbonyl (C=O) groups excluding carboxylic acids is 1. The number of hydrogen-bond acceptors (Lipinski definition) is 2. The van der Waals surface area contributed by atoms with Crippen LogP contribution in [0.25, 0.3) is 0 Å².